The van der Waals surface area contributed by atoms with Crippen LogP contribution >= 0.6 is 0 Å². The minimum atomic E-state index is -1.24. The molecule has 5 heteroatoms. The van der Waals surface area contributed by atoms with E-state index in [4.69, 9.17) is 4.74 Å². The first-order chi connectivity index (χ1) is 13.6. The van der Waals surface area contributed by atoms with E-state index in [1.807, 2.05) is 0 Å². The number of carbonyl (C=O) groups is 2. The number of carbonyl (C=O) groups excluding carboxylic acids is 2. The van der Waals surface area contributed by atoms with Crippen LogP contribution in [0.5, 0.6) is 0 Å². The van der Waals surface area contributed by atoms with Gasteiger partial charge in [-0.15, -0.1) is 0 Å². The maximum atomic E-state index is 13.4. The van der Waals surface area contributed by atoms with Gasteiger partial charge in [-0.05, 0) is 57.4 Å². The van der Waals surface area contributed by atoms with E-state index in [0.29, 0.717) is 12.3 Å². The zero-order chi connectivity index (χ0) is 21.3. The molecule has 0 aromatic heterocycles. The van der Waals surface area contributed by atoms with Crippen molar-refractivity contribution in [1.82, 2.24) is 5.32 Å². The summed E-state index contributed by atoms with van der Waals surface area (Å²) in [7, 11) is 0. The lowest BCUT2D eigenvalue weighted by Crippen LogP contribution is -2.56. The van der Waals surface area contributed by atoms with Gasteiger partial charge in [-0.2, -0.15) is 0 Å². The van der Waals surface area contributed by atoms with Gasteiger partial charge in [0.1, 0.15) is 0 Å². The van der Waals surface area contributed by atoms with Gasteiger partial charge in [0, 0.05) is 24.0 Å². The van der Waals surface area contributed by atoms with Crippen LogP contribution in [0.2, 0.25) is 0 Å². The van der Waals surface area contributed by atoms with Crippen LogP contribution in [0.15, 0.2) is 35.5 Å². The van der Waals surface area contributed by atoms with Gasteiger partial charge in [0.15, 0.2) is 0 Å². The van der Waals surface area contributed by atoms with E-state index in [1.54, 1.807) is 0 Å². The van der Waals surface area contributed by atoms with Crippen LogP contribution in [0.1, 0.15) is 60.3 Å². The molecule has 1 amide bonds. The van der Waals surface area contributed by atoms with Crippen molar-refractivity contribution in [2.75, 3.05) is 0 Å². The summed E-state index contributed by atoms with van der Waals surface area (Å²) in [6.45, 7) is 10.6. The van der Waals surface area contributed by atoms with Crippen molar-refractivity contribution in [2.45, 2.75) is 78.0 Å². The number of aliphatic hydroxyl groups is 1. The van der Waals surface area contributed by atoms with Crippen LogP contribution < -0.4 is 5.32 Å². The minimum absolute atomic E-state index is 0.0346. The molecular formula is C24H35NO4. The summed E-state index contributed by atoms with van der Waals surface area (Å²) < 4.78 is 6.04. The zero-order valence-corrected chi connectivity index (χ0v) is 18.3. The predicted molar refractivity (Wildman–Crippen MR) is 113 cm³/mol. The van der Waals surface area contributed by atoms with Gasteiger partial charge in [0.05, 0.1) is 6.10 Å². The summed E-state index contributed by atoms with van der Waals surface area (Å²) in [4.78, 5) is 26.2. The van der Waals surface area contributed by atoms with Gasteiger partial charge in [0.25, 0.3) is 5.91 Å². The molecule has 0 radical (unpaired) electrons. The SMILES string of the molecule is CC1=C[C@@H]2/C=C(\C)CCC[C@H](O)/C=C/C(=O)O[C@]23C(=O)N[C@@H](CC(C)C)[C@H]3[C@@H]1C. The molecule has 160 valence electrons. The number of hydrogen-bond donors (Lipinski definition) is 2. The van der Waals surface area contributed by atoms with E-state index in [9.17, 15) is 14.7 Å². The Morgan fingerprint density at radius 2 is 2.00 bits per heavy atom. The number of allylic oxidation sites excluding steroid dienone is 2. The first-order valence-corrected chi connectivity index (χ1v) is 10.9. The summed E-state index contributed by atoms with van der Waals surface area (Å²) in [6.07, 6.45) is 9.40. The second-order valence-electron chi connectivity index (χ2n) is 9.51. The first kappa shape index (κ1) is 21.8. The van der Waals surface area contributed by atoms with Crippen molar-refractivity contribution in [3.63, 3.8) is 0 Å². The molecule has 2 aliphatic heterocycles. The van der Waals surface area contributed by atoms with Crippen molar-refractivity contribution < 1.29 is 19.4 Å². The summed E-state index contributed by atoms with van der Waals surface area (Å²) in [6, 6.07) is -0.0346. The number of ether oxygens (including phenoxy) is 1. The third-order valence-electron chi connectivity index (χ3n) is 6.78. The first-order valence-electron chi connectivity index (χ1n) is 10.9. The third kappa shape index (κ3) is 4.20. The maximum absolute atomic E-state index is 13.4. The standard InChI is InChI=1S/C24H35NO4/c1-14(2)11-20-22-17(5)16(4)13-18-12-15(3)7-6-8-19(26)9-10-21(27)29-24(18,22)23(28)25-20/h9-10,12-14,17-20,22,26H,6-8,11H2,1-5H3,(H,25,28)/b10-9+,15-12+/t17-,18+,19+,20+,22-,24-/m1/s1. The van der Waals surface area contributed by atoms with Crippen molar-refractivity contribution in [1.29, 1.82) is 0 Å². The van der Waals surface area contributed by atoms with Crippen molar-refractivity contribution in [2.24, 2.45) is 23.7 Å². The molecule has 1 saturated heterocycles. The minimum Gasteiger partial charge on any atom is -0.444 e. The highest BCUT2D eigenvalue weighted by Crippen LogP contribution is 2.50. The molecule has 2 heterocycles. The van der Waals surface area contributed by atoms with E-state index in [0.717, 1.165) is 24.8 Å². The van der Waals surface area contributed by atoms with Gasteiger partial charge >= 0.3 is 5.97 Å². The molecule has 0 unspecified atom stereocenters. The Kier molecular flexibility index (Phi) is 6.37. The highest BCUT2D eigenvalue weighted by atomic mass is 16.6. The Morgan fingerprint density at radius 1 is 1.28 bits per heavy atom. The van der Waals surface area contributed by atoms with Crippen LogP contribution in [0.4, 0.5) is 0 Å². The smallest absolute Gasteiger partial charge is 0.331 e. The highest BCUT2D eigenvalue weighted by Gasteiger charge is 2.64. The molecular weight excluding hydrogens is 366 g/mol. The van der Waals surface area contributed by atoms with Gasteiger partial charge < -0.3 is 15.2 Å². The Morgan fingerprint density at radius 3 is 2.69 bits per heavy atom. The van der Waals surface area contributed by atoms with Crippen LogP contribution in [0.3, 0.4) is 0 Å². The average molecular weight is 402 g/mol. The van der Waals surface area contributed by atoms with Gasteiger partial charge in [-0.1, -0.05) is 44.1 Å². The largest absolute Gasteiger partial charge is 0.444 e. The summed E-state index contributed by atoms with van der Waals surface area (Å²) in [5, 5.41) is 13.3. The molecule has 3 rings (SSSR count). The molecule has 0 aromatic rings. The second kappa shape index (κ2) is 8.47. The fourth-order valence-electron chi connectivity index (χ4n) is 5.29. The van der Waals surface area contributed by atoms with E-state index >= 15 is 0 Å². The topological polar surface area (TPSA) is 75.6 Å². The normalized spacial score (nSPS) is 41.0. The lowest BCUT2D eigenvalue weighted by molar-refractivity contribution is -0.172. The van der Waals surface area contributed by atoms with Gasteiger partial charge in [0.2, 0.25) is 5.60 Å². The maximum Gasteiger partial charge on any atom is 0.331 e. The second-order valence-corrected chi connectivity index (χ2v) is 9.51. The van der Waals surface area contributed by atoms with Crippen molar-refractivity contribution in [3.8, 4) is 0 Å². The number of hydrogen-bond acceptors (Lipinski definition) is 4. The van der Waals surface area contributed by atoms with E-state index in [2.05, 4.69) is 52.1 Å². The quantitative estimate of drug-likeness (QED) is 0.547. The van der Waals surface area contributed by atoms with Crippen molar-refractivity contribution in [3.05, 3.63) is 35.5 Å². The Labute approximate surface area is 174 Å². The Balaban J connectivity index is 2.13. The highest BCUT2D eigenvalue weighted by molar-refractivity contribution is 5.94. The molecule has 5 nitrogen and oxygen atoms in total. The molecule has 1 spiro atoms. The molecule has 0 aromatic carbocycles. The number of nitrogens with one attached hydrogen (secondary N) is 1. The number of amides is 1. The third-order valence-corrected chi connectivity index (χ3v) is 6.78. The van der Waals surface area contributed by atoms with Gasteiger partial charge in [-0.3, -0.25) is 4.79 Å². The summed E-state index contributed by atoms with van der Waals surface area (Å²) in [5.41, 5.74) is 1.14. The summed E-state index contributed by atoms with van der Waals surface area (Å²) >= 11 is 0. The van der Waals surface area contributed by atoms with Gasteiger partial charge in [-0.25, -0.2) is 4.79 Å². The Bertz CT molecular complexity index is 750. The van der Waals surface area contributed by atoms with Crippen LogP contribution in [0.25, 0.3) is 0 Å². The summed E-state index contributed by atoms with van der Waals surface area (Å²) in [5.74, 6) is -0.632. The lowest BCUT2D eigenvalue weighted by Gasteiger charge is -2.45. The van der Waals surface area contributed by atoms with E-state index < -0.39 is 17.7 Å². The molecule has 29 heavy (non-hydrogen) atoms. The lowest BCUT2D eigenvalue weighted by atomic mass is 9.63. The fourth-order valence-corrected chi connectivity index (χ4v) is 5.29. The molecule has 1 fully saturated rings. The van der Waals surface area contributed by atoms with Crippen molar-refractivity contribution >= 4 is 11.9 Å². The van der Waals surface area contributed by atoms with Crippen LogP contribution in [-0.2, 0) is 14.3 Å². The molecule has 2 N–H and O–H groups in total. The molecule has 1 aliphatic carbocycles. The van der Waals surface area contributed by atoms with E-state index in [1.165, 1.54) is 17.7 Å². The number of aliphatic hydroxyl groups excluding tert-OH is 1. The van der Waals surface area contributed by atoms with Crippen LogP contribution in [0, 0.1) is 23.7 Å². The monoisotopic (exact) mass is 401 g/mol. The Hall–Kier alpha value is -1.88. The molecule has 6 atom stereocenters. The fraction of sp³-hybridized carbons (Fsp3) is 0.667. The van der Waals surface area contributed by atoms with Crippen LogP contribution in [-0.4, -0.2) is 34.7 Å². The predicted octanol–water partition coefficient (Wildman–Crippen LogP) is 3.69. The average Bonchev–Trinajstić information content (AvgIpc) is 2.89. The molecule has 0 saturated carbocycles. The number of esters is 1. The molecule has 3 aliphatic rings. The number of rotatable bonds is 2. The van der Waals surface area contributed by atoms with E-state index in [-0.39, 0.29) is 29.7 Å². The molecule has 0 bridgehead atoms. The zero-order valence-electron chi connectivity index (χ0n) is 18.3.